The van der Waals surface area contributed by atoms with Crippen molar-refractivity contribution in [1.82, 2.24) is 5.32 Å². The summed E-state index contributed by atoms with van der Waals surface area (Å²) >= 11 is 0. The number of nitrogens with one attached hydrogen (secondary N) is 1. The van der Waals surface area contributed by atoms with Crippen LogP contribution in [0.4, 0.5) is 0 Å². The number of amides is 1. The topological polar surface area (TPSA) is 73.6 Å². The van der Waals surface area contributed by atoms with Crippen LogP contribution < -0.4 is 11.1 Å². The summed E-state index contributed by atoms with van der Waals surface area (Å²) in [5, 5.41) is 2.80. The predicted molar refractivity (Wildman–Crippen MR) is 51.8 cm³/mol. The Morgan fingerprint density at radius 3 is 2.57 bits per heavy atom. The largest absolute Gasteiger partial charge is 0.377 e. The third-order valence-electron chi connectivity index (χ3n) is 2.13. The van der Waals surface area contributed by atoms with Crippen molar-refractivity contribution in [2.45, 2.75) is 25.4 Å². The Morgan fingerprint density at radius 1 is 1.50 bits per heavy atom. The highest BCUT2D eigenvalue weighted by atomic mass is 16.5. The van der Waals surface area contributed by atoms with E-state index < -0.39 is 6.04 Å². The molecular weight excluding hydrogens is 184 g/mol. The van der Waals surface area contributed by atoms with Gasteiger partial charge in [0.1, 0.15) is 0 Å². The van der Waals surface area contributed by atoms with Crippen LogP contribution in [-0.2, 0) is 14.3 Å². The van der Waals surface area contributed by atoms with Gasteiger partial charge in [-0.05, 0) is 6.42 Å². The summed E-state index contributed by atoms with van der Waals surface area (Å²) in [6, 6.07) is -0.499. The standard InChI is InChI=1S/C9H18N2O3/c1-2-8(10)9(12)11-7-5-13-3-4-14-6-7/h7-8H,2-6,10H2,1H3,(H,11,12)/t8-/m0/s1. The van der Waals surface area contributed by atoms with Crippen LogP contribution >= 0.6 is 0 Å². The predicted octanol–water partition coefficient (Wildman–Crippen LogP) is -0.745. The lowest BCUT2D eigenvalue weighted by Gasteiger charge is -2.17. The van der Waals surface area contributed by atoms with Crippen molar-refractivity contribution in [3.8, 4) is 0 Å². The second kappa shape index (κ2) is 5.95. The van der Waals surface area contributed by atoms with Crippen molar-refractivity contribution in [1.29, 1.82) is 0 Å². The van der Waals surface area contributed by atoms with Crippen molar-refractivity contribution >= 4 is 5.91 Å². The van der Waals surface area contributed by atoms with Crippen molar-refractivity contribution in [3.05, 3.63) is 0 Å². The third-order valence-corrected chi connectivity index (χ3v) is 2.13. The van der Waals surface area contributed by atoms with E-state index in [2.05, 4.69) is 5.32 Å². The Kier molecular flexibility index (Phi) is 4.86. The lowest BCUT2D eigenvalue weighted by atomic mass is 10.2. The Hall–Kier alpha value is -0.650. The van der Waals surface area contributed by atoms with E-state index in [0.29, 0.717) is 32.8 Å². The molecule has 1 atom stereocenters. The van der Waals surface area contributed by atoms with Gasteiger partial charge in [0.15, 0.2) is 0 Å². The summed E-state index contributed by atoms with van der Waals surface area (Å²) in [5.74, 6) is -0.133. The molecule has 0 radical (unpaired) electrons. The molecule has 0 spiro atoms. The molecule has 14 heavy (non-hydrogen) atoms. The van der Waals surface area contributed by atoms with Gasteiger partial charge in [-0.25, -0.2) is 0 Å². The maximum Gasteiger partial charge on any atom is 0.237 e. The first-order valence-electron chi connectivity index (χ1n) is 4.95. The molecule has 1 saturated heterocycles. The Morgan fingerprint density at radius 2 is 2.07 bits per heavy atom. The van der Waals surface area contributed by atoms with Gasteiger partial charge >= 0.3 is 0 Å². The molecule has 1 fully saturated rings. The molecule has 0 saturated carbocycles. The minimum atomic E-state index is -0.432. The number of rotatable bonds is 3. The van der Waals surface area contributed by atoms with Crippen LogP contribution in [0.15, 0.2) is 0 Å². The SMILES string of the molecule is CC[C@H](N)C(=O)NC1COCCOC1. The van der Waals surface area contributed by atoms with Gasteiger partial charge in [-0.15, -0.1) is 0 Å². The first kappa shape index (κ1) is 11.4. The molecule has 0 aliphatic carbocycles. The summed E-state index contributed by atoms with van der Waals surface area (Å²) in [6.07, 6.45) is 0.639. The highest BCUT2D eigenvalue weighted by Gasteiger charge is 2.18. The van der Waals surface area contributed by atoms with Crippen molar-refractivity contribution in [3.63, 3.8) is 0 Å². The summed E-state index contributed by atoms with van der Waals surface area (Å²) in [6.45, 7) is 4.06. The molecule has 3 N–H and O–H groups in total. The zero-order chi connectivity index (χ0) is 10.4. The molecule has 1 heterocycles. The van der Waals surface area contributed by atoms with Gasteiger partial charge in [-0.3, -0.25) is 4.79 Å². The van der Waals surface area contributed by atoms with Gasteiger partial charge in [0.25, 0.3) is 0 Å². The van der Waals surface area contributed by atoms with E-state index in [1.165, 1.54) is 0 Å². The van der Waals surface area contributed by atoms with E-state index in [-0.39, 0.29) is 11.9 Å². The van der Waals surface area contributed by atoms with Crippen molar-refractivity contribution < 1.29 is 14.3 Å². The van der Waals surface area contributed by atoms with Gasteiger partial charge in [-0.2, -0.15) is 0 Å². The zero-order valence-corrected chi connectivity index (χ0v) is 8.49. The number of carbonyl (C=O) groups excluding carboxylic acids is 1. The monoisotopic (exact) mass is 202 g/mol. The fourth-order valence-corrected chi connectivity index (χ4v) is 1.19. The van der Waals surface area contributed by atoms with Crippen LogP contribution in [0.3, 0.4) is 0 Å². The lowest BCUT2D eigenvalue weighted by molar-refractivity contribution is -0.123. The molecular formula is C9H18N2O3. The van der Waals surface area contributed by atoms with E-state index in [9.17, 15) is 4.79 Å². The molecule has 1 rings (SSSR count). The number of carbonyl (C=O) groups is 1. The molecule has 0 aromatic rings. The Balaban J connectivity index is 2.30. The van der Waals surface area contributed by atoms with Gasteiger partial charge in [0.2, 0.25) is 5.91 Å². The number of ether oxygens (including phenoxy) is 2. The summed E-state index contributed by atoms with van der Waals surface area (Å²) < 4.78 is 10.5. The minimum absolute atomic E-state index is 0.0670. The smallest absolute Gasteiger partial charge is 0.237 e. The molecule has 0 aromatic heterocycles. The second-order valence-corrected chi connectivity index (χ2v) is 3.37. The van der Waals surface area contributed by atoms with E-state index in [1.807, 2.05) is 6.92 Å². The molecule has 5 heteroatoms. The third kappa shape index (κ3) is 3.61. The second-order valence-electron chi connectivity index (χ2n) is 3.37. The minimum Gasteiger partial charge on any atom is -0.377 e. The van der Waals surface area contributed by atoms with Crippen LogP contribution in [-0.4, -0.2) is 44.4 Å². The quantitative estimate of drug-likeness (QED) is 0.632. The molecule has 1 aliphatic heterocycles. The number of hydrogen-bond acceptors (Lipinski definition) is 4. The Labute approximate surface area is 83.9 Å². The van der Waals surface area contributed by atoms with Crippen LogP contribution in [0.25, 0.3) is 0 Å². The maximum atomic E-state index is 11.4. The van der Waals surface area contributed by atoms with Crippen LogP contribution in [0.2, 0.25) is 0 Å². The summed E-state index contributed by atoms with van der Waals surface area (Å²) in [7, 11) is 0. The van der Waals surface area contributed by atoms with Crippen molar-refractivity contribution in [2.24, 2.45) is 5.73 Å². The Bertz CT molecular complexity index is 179. The molecule has 0 unspecified atom stereocenters. The van der Waals surface area contributed by atoms with E-state index in [0.717, 1.165) is 0 Å². The zero-order valence-electron chi connectivity index (χ0n) is 8.49. The van der Waals surface area contributed by atoms with Crippen LogP contribution in [0.1, 0.15) is 13.3 Å². The van der Waals surface area contributed by atoms with Gasteiger partial charge < -0.3 is 20.5 Å². The summed E-state index contributed by atoms with van der Waals surface area (Å²) in [4.78, 5) is 11.4. The molecule has 1 amide bonds. The first-order chi connectivity index (χ1) is 6.74. The highest BCUT2D eigenvalue weighted by Crippen LogP contribution is 1.96. The van der Waals surface area contributed by atoms with Crippen LogP contribution in [0.5, 0.6) is 0 Å². The number of nitrogens with two attached hydrogens (primary N) is 1. The first-order valence-corrected chi connectivity index (χ1v) is 4.95. The average Bonchev–Trinajstić information content (AvgIpc) is 2.45. The fraction of sp³-hybridized carbons (Fsp3) is 0.889. The summed E-state index contributed by atoms with van der Waals surface area (Å²) in [5.41, 5.74) is 5.58. The van der Waals surface area contributed by atoms with Crippen LogP contribution in [0, 0.1) is 0 Å². The highest BCUT2D eigenvalue weighted by molar-refractivity contribution is 5.81. The fourth-order valence-electron chi connectivity index (χ4n) is 1.19. The van der Waals surface area contributed by atoms with E-state index in [1.54, 1.807) is 0 Å². The lowest BCUT2D eigenvalue weighted by Crippen LogP contribution is -2.48. The molecule has 0 aromatic carbocycles. The van der Waals surface area contributed by atoms with E-state index in [4.69, 9.17) is 15.2 Å². The number of hydrogen-bond donors (Lipinski definition) is 2. The molecule has 1 aliphatic rings. The van der Waals surface area contributed by atoms with Gasteiger partial charge in [0, 0.05) is 0 Å². The molecule has 82 valence electrons. The van der Waals surface area contributed by atoms with Gasteiger partial charge in [-0.1, -0.05) is 6.92 Å². The average molecular weight is 202 g/mol. The normalized spacial score (nSPS) is 21.3. The molecule has 0 bridgehead atoms. The van der Waals surface area contributed by atoms with E-state index >= 15 is 0 Å². The van der Waals surface area contributed by atoms with Crippen molar-refractivity contribution in [2.75, 3.05) is 26.4 Å². The molecule has 5 nitrogen and oxygen atoms in total. The maximum absolute atomic E-state index is 11.4. The van der Waals surface area contributed by atoms with Gasteiger partial charge in [0.05, 0.1) is 38.5 Å².